The number of aryl methyl sites for hydroxylation is 2. The molecule has 17 heavy (non-hydrogen) atoms. The molecule has 0 spiro atoms. The van der Waals surface area contributed by atoms with Crippen LogP contribution in [0.15, 0.2) is 52.7 Å². The fourth-order valence-corrected chi connectivity index (χ4v) is 1.48. The molecule has 0 aliphatic heterocycles. The molecule has 3 heteroatoms. The third kappa shape index (κ3) is 2.69. The van der Waals surface area contributed by atoms with Crippen molar-refractivity contribution in [3.8, 4) is 0 Å². The Balaban J connectivity index is 2.26. The highest BCUT2D eigenvalue weighted by molar-refractivity contribution is 5.56. The number of benzene rings is 2. The molecule has 0 atom stereocenters. The summed E-state index contributed by atoms with van der Waals surface area (Å²) in [5, 5.41) is 8.40. The van der Waals surface area contributed by atoms with Crippen molar-refractivity contribution in [3.05, 3.63) is 53.6 Å². The molecule has 0 aliphatic rings. The number of nitrogens with zero attached hydrogens (tertiary/aromatic N) is 2. The minimum atomic E-state index is 0.742. The van der Waals surface area contributed by atoms with E-state index in [9.17, 15) is 0 Å². The molecule has 0 saturated heterocycles. The molecule has 2 aromatic rings. The predicted octanol–water partition coefficient (Wildman–Crippen LogP) is 4.30. The third-order valence-electron chi connectivity index (χ3n) is 2.65. The Morgan fingerprint density at radius 3 is 2.35 bits per heavy atom. The number of azo groups is 1. The molecule has 3 nitrogen and oxygen atoms in total. The summed E-state index contributed by atoms with van der Waals surface area (Å²) >= 11 is 0. The van der Waals surface area contributed by atoms with E-state index in [0.717, 1.165) is 28.2 Å². The topological polar surface area (TPSA) is 50.7 Å². The van der Waals surface area contributed by atoms with Crippen LogP contribution in [0.5, 0.6) is 0 Å². The van der Waals surface area contributed by atoms with Gasteiger partial charge in [-0.25, -0.2) is 0 Å². The first-order valence-electron chi connectivity index (χ1n) is 5.50. The van der Waals surface area contributed by atoms with Crippen molar-refractivity contribution in [2.45, 2.75) is 13.8 Å². The Labute approximate surface area is 101 Å². The molecular formula is C14H15N3. The van der Waals surface area contributed by atoms with Crippen LogP contribution in [0.4, 0.5) is 17.1 Å². The van der Waals surface area contributed by atoms with Gasteiger partial charge in [0, 0.05) is 5.69 Å². The van der Waals surface area contributed by atoms with Crippen LogP contribution in [0.1, 0.15) is 11.1 Å². The highest BCUT2D eigenvalue weighted by Crippen LogP contribution is 2.23. The number of nitrogens with two attached hydrogens (primary N) is 1. The molecule has 0 radical (unpaired) electrons. The normalized spacial score (nSPS) is 10.9. The zero-order valence-electron chi connectivity index (χ0n) is 10.0. The van der Waals surface area contributed by atoms with Crippen LogP contribution in [0.25, 0.3) is 0 Å². The van der Waals surface area contributed by atoms with Gasteiger partial charge in [0.1, 0.15) is 0 Å². The molecule has 2 N–H and O–H groups in total. The van der Waals surface area contributed by atoms with Gasteiger partial charge >= 0.3 is 0 Å². The van der Waals surface area contributed by atoms with Gasteiger partial charge < -0.3 is 5.73 Å². The van der Waals surface area contributed by atoms with Crippen LogP contribution >= 0.6 is 0 Å². The molecule has 0 fully saturated rings. The van der Waals surface area contributed by atoms with E-state index in [1.165, 1.54) is 0 Å². The number of anilines is 1. The summed E-state index contributed by atoms with van der Waals surface area (Å²) in [7, 11) is 0. The summed E-state index contributed by atoms with van der Waals surface area (Å²) < 4.78 is 0. The van der Waals surface area contributed by atoms with E-state index in [0.29, 0.717) is 0 Å². The van der Waals surface area contributed by atoms with Gasteiger partial charge in [0.25, 0.3) is 0 Å². The fourth-order valence-electron chi connectivity index (χ4n) is 1.48. The molecule has 0 bridgehead atoms. The van der Waals surface area contributed by atoms with Crippen molar-refractivity contribution in [1.82, 2.24) is 0 Å². The minimum absolute atomic E-state index is 0.742. The smallest absolute Gasteiger partial charge is 0.0886 e. The van der Waals surface area contributed by atoms with E-state index in [2.05, 4.69) is 10.2 Å². The van der Waals surface area contributed by atoms with Crippen molar-refractivity contribution in [1.29, 1.82) is 0 Å². The molecule has 0 amide bonds. The molecular weight excluding hydrogens is 210 g/mol. The first-order chi connectivity index (χ1) is 8.16. The molecule has 2 rings (SSSR count). The summed E-state index contributed by atoms with van der Waals surface area (Å²) in [4.78, 5) is 0. The van der Waals surface area contributed by atoms with E-state index >= 15 is 0 Å². The Kier molecular flexibility index (Phi) is 3.19. The van der Waals surface area contributed by atoms with Gasteiger partial charge in [0.2, 0.25) is 0 Å². The molecule has 86 valence electrons. The Bertz CT molecular complexity index is 559. The molecule has 0 heterocycles. The minimum Gasteiger partial charge on any atom is -0.398 e. The summed E-state index contributed by atoms with van der Waals surface area (Å²) in [5.41, 5.74) is 10.4. The second kappa shape index (κ2) is 4.78. The van der Waals surface area contributed by atoms with Gasteiger partial charge in [-0.1, -0.05) is 24.3 Å². The predicted molar refractivity (Wildman–Crippen MR) is 70.9 cm³/mol. The lowest BCUT2D eigenvalue weighted by molar-refractivity contribution is 1.21. The summed E-state index contributed by atoms with van der Waals surface area (Å²) in [5.74, 6) is 0. The average molecular weight is 225 g/mol. The quantitative estimate of drug-likeness (QED) is 0.601. The summed E-state index contributed by atoms with van der Waals surface area (Å²) in [6.07, 6.45) is 0. The van der Waals surface area contributed by atoms with E-state index < -0.39 is 0 Å². The molecule has 2 aromatic carbocycles. The largest absolute Gasteiger partial charge is 0.398 e. The van der Waals surface area contributed by atoms with E-state index in [-0.39, 0.29) is 0 Å². The molecule has 0 aromatic heterocycles. The monoisotopic (exact) mass is 225 g/mol. The lowest BCUT2D eigenvalue weighted by atomic mass is 10.2. The summed E-state index contributed by atoms with van der Waals surface area (Å²) in [6, 6.07) is 13.6. The van der Waals surface area contributed by atoms with E-state index in [1.807, 2.05) is 56.3 Å². The number of hydrogen-bond acceptors (Lipinski definition) is 3. The van der Waals surface area contributed by atoms with Crippen molar-refractivity contribution in [2.75, 3.05) is 5.73 Å². The first-order valence-corrected chi connectivity index (χ1v) is 5.50. The summed E-state index contributed by atoms with van der Waals surface area (Å²) in [6.45, 7) is 3.98. The average Bonchev–Trinajstić information content (AvgIpc) is 2.32. The first kappa shape index (κ1) is 11.3. The van der Waals surface area contributed by atoms with Gasteiger partial charge in [-0.15, -0.1) is 0 Å². The van der Waals surface area contributed by atoms with Crippen LogP contribution in [0, 0.1) is 13.8 Å². The molecule has 0 aliphatic carbocycles. The lowest BCUT2D eigenvalue weighted by Crippen LogP contribution is -1.87. The molecule has 0 unspecified atom stereocenters. The van der Waals surface area contributed by atoms with Crippen molar-refractivity contribution in [2.24, 2.45) is 10.2 Å². The van der Waals surface area contributed by atoms with Crippen LogP contribution in [-0.4, -0.2) is 0 Å². The van der Waals surface area contributed by atoms with Crippen LogP contribution in [0.3, 0.4) is 0 Å². The van der Waals surface area contributed by atoms with Crippen molar-refractivity contribution < 1.29 is 0 Å². The lowest BCUT2D eigenvalue weighted by Gasteiger charge is -2.00. The maximum absolute atomic E-state index is 5.82. The number of rotatable bonds is 2. The van der Waals surface area contributed by atoms with Crippen LogP contribution in [-0.2, 0) is 0 Å². The number of nitrogen functional groups attached to an aromatic ring is 1. The SMILES string of the molecule is Cc1ccc(N=Nc2ccccc2C)cc1N. The van der Waals surface area contributed by atoms with E-state index in [4.69, 9.17) is 5.73 Å². The van der Waals surface area contributed by atoms with Gasteiger partial charge in [-0.2, -0.15) is 10.2 Å². The Morgan fingerprint density at radius 2 is 1.65 bits per heavy atom. The Hall–Kier alpha value is -2.16. The van der Waals surface area contributed by atoms with Crippen molar-refractivity contribution in [3.63, 3.8) is 0 Å². The van der Waals surface area contributed by atoms with Gasteiger partial charge in [-0.05, 0) is 43.2 Å². The second-order valence-corrected chi connectivity index (χ2v) is 4.03. The van der Waals surface area contributed by atoms with Gasteiger partial charge in [0.05, 0.1) is 11.4 Å². The van der Waals surface area contributed by atoms with Crippen LogP contribution < -0.4 is 5.73 Å². The van der Waals surface area contributed by atoms with Crippen molar-refractivity contribution >= 4 is 17.1 Å². The maximum atomic E-state index is 5.82. The van der Waals surface area contributed by atoms with Gasteiger partial charge in [0.15, 0.2) is 0 Å². The zero-order chi connectivity index (χ0) is 12.3. The zero-order valence-corrected chi connectivity index (χ0v) is 10.0. The Morgan fingerprint density at radius 1 is 0.882 bits per heavy atom. The van der Waals surface area contributed by atoms with E-state index in [1.54, 1.807) is 0 Å². The second-order valence-electron chi connectivity index (χ2n) is 4.03. The maximum Gasteiger partial charge on any atom is 0.0886 e. The van der Waals surface area contributed by atoms with Gasteiger partial charge in [-0.3, -0.25) is 0 Å². The standard InChI is InChI=1S/C14H15N3/c1-10-7-8-12(9-13(10)15)16-17-14-6-4-3-5-11(14)2/h3-9H,15H2,1-2H3. The fraction of sp³-hybridized carbons (Fsp3) is 0.143. The highest BCUT2D eigenvalue weighted by atomic mass is 15.1. The highest BCUT2D eigenvalue weighted by Gasteiger charge is 1.96. The molecule has 0 saturated carbocycles. The third-order valence-corrected chi connectivity index (χ3v) is 2.65. The number of hydrogen-bond donors (Lipinski definition) is 1. The van der Waals surface area contributed by atoms with Crippen LogP contribution in [0.2, 0.25) is 0 Å².